The van der Waals surface area contributed by atoms with Crippen molar-refractivity contribution in [3.05, 3.63) is 48.3 Å². The number of rotatable bonds is 3. The van der Waals surface area contributed by atoms with Gasteiger partial charge >= 0.3 is 0 Å². The maximum absolute atomic E-state index is 13.4. The third-order valence-corrected chi connectivity index (χ3v) is 4.08. The van der Waals surface area contributed by atoms with Crippen LogP contribution in [0.3, 0.4) is 0 Å². The minimum atomic E-state index is -0.704. The average Bonchev–Trinajstić information content (AvgIpc) is 2.97. The highest BCUT2D eigenvalue weighted by atomic mass is 19.1. The van der Waals surface area contributed by atoms with Crippen molar-refractivity contribution in [1.82, 2.24) is 4.98 Å². The number of azo groups is 1. The number of aromatic amines is 1. The molecular weight excluding hydrogens is 355 g/mol. The van der Waals surface area contributed by atoms with E-state index < -0.39 is 11.7 Å². The standard InChI is InChI=1S/C18H13FN4O4/c19-10-5-6-12-11(7-10)17(18(26)20-12)22-21-15(24)8-23-13-3-1-2-4-14(13)27-9-16(23)25/h1-7,20,26H,8-9H2. The van der Waals surface area contributed by atoms with Crippen LogP contribution in [0.4, 0.5) is 15.8 Å². The first-order valence-corrected chi connectivity index (χ1v) is 8.00. The fourth-order valence-electron chi connectivity index (χ4n) is 2.84. The third kappa shape index (κ3) is 3.10. The van der Waals surface area contributed by atoms with Crippen LogP contribution < -0.4 is 9.64 Å². The largest absolute Gasteiger partial charge is 0.493 e. The number of aromatic nitrogens is 1. The molecule has 2 amide bonds. The van der Waals surface area contributed by atoms with Crippen LogP contribution in [0.15, 0.2) is 52.7 Å². The Morgan fingerprint density at radius 1 is 1.30 bits per heavy atom. The first-order chi connectivity index (χ1) is 13.0. The molecular formula is C18H13FN4O4. The van der Waals surface area contributed by atoms with Gasteiger partial charge in [0.15, 0.2) is 12.3 Å². The second-order valence-electron chi connectivity index (χ2n) is 5.84. The lowest BCUT2D eigenvalue weighted by Crippen LogP contribution is -2.41. The van der Waals surface area contributed by atoms with E-state index in [1.807, 2.05) is 0 Å². The molecule has 0 saturated heterocycles. The number of H-pyrrole nitrogens is 1. The van der Waals surface area contributed by atoms with Gasteiger partial charge < -0.3 is 14.8 Å². The molecule has 0 atom stereocenters. The molecule has 0 fully saturated rings. The van der Waals surface area contributed by atoms with Gasteiger partial charge in [0, 0.05) is 5.39 Å². The molecule has 9 heteroatoms. The van der Waals surface area contributed by atoms with Gasteiger partial charge in [-0.25, -0.2) is 4.39 Å². The molecule has 1 aromatic heterocycles. The third-order valence-electron chi connectivity index (χ3n) is 4.08. The van der Waals surface area contributed by atoms with E-state index in [1.165, 1.54) is 23.1 Å². The molecule has 0 unspecified atom stereocenters. The molecule has 2 aromatic carbocycles. The highest BCUT2D eigenvalue weighted by Gasteiger charge is 2.27. The van der Waals surface area contributed by atoms with Crippen molar-refractivity contribution in [3.63, 3.8) is 0 Å². The van der Waals surface area contributed by atoms with E-state index in [0.717, 1.165) is 0 Å². The Morgan fingerprint density at radius 3 is 2.96 bits per heavy atom. The zero-order valence-corrected chi connectivity index (χ0v) is 13.8. The first-order valence-electron chi connectivity index (χ1n) is 8.00. The van der Waals surface area contributed by atoms with Crippen molar-refractivity contribution in [2.75, 3.05) is 18.1 Å². The lowest BCUT2D eigenvalue weighted by molar-refractivity contribution is -0.124. The summed E-state index contributed by atoms with van der Waals surface area (Å²) in [6.45, 7) is -0.510. The predicted molar refractivity (Wildman–Crippen MR) is 93.7 cm³/mol. The number of anilines is 1. The number of hydrogen-bond donors (Lipinski definition) is 2. The van der Waals surface area contributed by atoms with Gasteiger partial charge in [-0.15, -0.1) is 10.2 Å². The number of carbonyl (C=O) groups is 2. The number of para-hydroxylation sites is 2. The zero-order valence-electron chi connectivity index (χ0n) is 13.8. The highest BCUT2D eigenvalue weighted by molar-refractivity contribution is 6.02. The van der Waals surface area contributed by atoms with Gasteiger partial charge in [-0.1, -0.05) is 12.1 Å². The molecule has 27 heavy (non-hydrogen) atoms. The van der Waals surface area contributed by atoms with E-state index in [9.17, 15) is 19.1 Å². The number of amides is 2. The molecule has 2 N–H and O–H groups in total. The van der Waals surface area contributed by atoms with E-state index in [-0.39, 0.29) is 36.0 Å². The number of benzene rings is 2. The molecule has 0 bridgehead atoms. The summed E-state index contributed by atoms with van der Waals surface area (Å²) in [4.78, 5) is 28.2. The van der Waals surface area contributed by atoms with Crippen LogP contribution >= 0.6 is 0 Å². The highest BCUT2D eigenvalue weighted by Crippen LogP contribution is 2.36. The van der Waals surface area contributed by atoms with Crippen LogP contribution in [0.2, 0.25) is 0 Å². The van der Waals surface area contributed by atoms with Gasteiger partial charge in [-0.2, -0.15) is 0 Å². The van der Waals surface area contributed by atoms with Gasteiger partial charge in [-0.3, -0.25) is 14.5 Å². The summed E-state index contributed by atoms with van der Waals surface area (Å²) in [6.07, 6.45) is 0. The van der Waals surface area contributed by atoms with Crippen molar-refractivity contribution in [2.45, 2.75) is 0 Å². The fraction of sp³-hybridized carbons (Fsp3) is 0.111. The summed E-state index contributed by atoms with van der Waals surface area (Å²) in [5, 5.41) is 17.5. The Hall–Kier alpha value is -3.75. The summed E-state index contributed by atoms with van der Waals surface area (Å²) in [6, 6.07) is 10.7. The minimum Gasteiger partial charge on any atom is -0.493 e. The van der Waals surface area contributed by atoms with Gasteiger partial charge in [0.25, 0.3) is 11.8 Å². The molecule has 0 aliphatic carbocycles. The Bertz CT molecular complexity index is 1090. The van der Waals surface area contributed by atoms with Crippen LogP contribution in [-0.2, 0) is 9.59 Å². The summed E-state index contributed by atoms with van der Waals surface area (Å²) in [5.41, 5.74) is 0.869. The molecule has 1 aliphatic rings. The SMILES string of the molecule is O=C(CN1C(=O)COc2ccccc21)N=Nc1c(O)[nH]c2ccc(F)cc12. The number of nitrogens with one attached hydrogen (secondary N) is 1. The van der Waals surface area contributed by atoms with Gasteiger partial charge in [0.2, 0.25) is 5.88 Å². The Morgan fingerprint density at radius 2 is 2.11 bits per heavy atom. The van der Waals surface area contributed by atoms with Crippen LogP contribution in [0, 0.1) is 5.82 Å². The number of carbonyl (C=O) groups excluding carboxylic acids is 2. The van der Waals surface area contributed by atoms with Crippen LogP contribution in [0.25, 0.3) is 10.9 Å². The molecule has 2 heterocycles. The maximum Gasteiger partial charge on any atom is 0.284 e. The van der Waals surface area contributed by atoms with Crippen molar-refractivity contribution >= 4 is 34.1 Å². The average molecular weight is 368 g/mol. The van der Waals surface area contributed by atoms with E-state index in [0.29, 0.717) is 17.0 Å². The minimum absolute atomic E-state index is 0.0495. The van der Waals surface area contributed by atoms with Crippen LogP contribution in [0.5, 0.6) is 11.6 Å². The predicted octanol–water partition coefficient (Wildman–Crippen LogP) is 3.05. The second kappa shape index (κ2) is 6.52. The molecule has 136 valence electrons. The number of hydrogen-bond acceptors (Lipinski definition) is 5. The lowest BCUT2D eigenvalue weighted by Gasteiger charge is -2.27. The molecule has 8 nitrogen and oxygen atoms in total. The molecule has 0 radical (unpaired) electrons. The van der Waals surface area contributed by atoms with Crippen molar-refractivity contribution in [3.8, 4) is 11.6 Å². The topological polar surface area (TPSA) is 107 Å². The number of fused-ring (bicyclic) bond motifs is 2. The monoisotopic (exact) mass is 368 g/mol. The quantitative estimate of drug-likeness (QED) is 0.693. The number of halogens is 1. The molecule has 1 aliphatic heterocycles. The summed E-state index contributed by atoms with van der Waals surface area (Å²) in [7, 11) is 0. The van der Waals surface area contributed by atoms with Crippen LogP contribution in [-0.4, -0.2) is 35.1 Å². The summed E-state index contributed by atoms with van der Waals surface area (Å²) in [5.74, 6) is -1.44. The number of aromatic hydroxyl groups is 1. The maximum atomic E-state index is 13.4. The molecule has 0 spiro atoms. The van der Waals surface area contributed by atoms with Crippen molar-refractivity contribution in [1.29, 1.82) is 0 Å². The Balaban J connectivity index is 1.58. The van der Waals surface area contributed by atoms with E-state index in [4.69, 9.17) is 4.74 Å². The molecule has 0 saturated carbocycles. The second-order valence-corrected chi connectivity index (χ2v) is 5.84. The first kappa shape index (κ1) is 16.7. The Labute approximate surface area is 151 Å². The van der Waals surface area contributed by atoms with Crippen LogP contribution in [0.1, 0.15) is 0 Å². The van der Waals surface area contributed by atoms with E-state index in [2.05, 4.69) is 15.2 Å². The van der Waals surface area contributed by atoms with Gasteiger partial charge in [0.1, 0.15) is 18.1 Å². The van der Waals surface area contributed by atoms with Gasteiger partial charge in [0.05, 0.1) is 11.2 Å². The van der Waals surface area contributed by atoms with E-state index >= 15 is 0 Å². The normalized spacial score (nSPS) is 13.8. The fourth-order valence-corrected chi connectivity index (χ4v) is 2.84. The molecule has 4 rings (SSSR count). The van der Waals surface area contributed by atoms with Gasteiger partial charge in [-0.05, 0) is 30.3 Å². The smallest absolute Gasteiger partial charge is 0.284 e. The summed E-state index contributed by atoms with van der Waals surface area (Å²) >= 11 is 0. The van der Waals surface area contributed by atoms with E-state index in [1.54, 1.807) is 24.3 Å². The lowest BCUT2D eigenvalue weighted by atomic mass is 10.2. The zero-order chi connectivity index (χ0) is 19.0. The Kier molecular flexibility index (Phi) is 4.03. The molecule has 3 aromatic rings. The van der Waals surface area contributed by atoms with Crippen molar-refractivity contribution < 1.29 is 23.8 Å². The number of ether oxygens (including phenoxy) is 1. The number of nitrogens with zero attached hydrogens (tertiary/aromatic N) is 3. The van der Waals surface area contributed by atoms with Crippen molar-refractivity contribution in [2.24, 2.45) is 10.2 Å². The summed E-state index contributed by atoms with van der Waals surface area (Å²) < 4.78 is 18.7.